The van der Waals surface area contributed by atoms with Gasteiger partial charge >= 0.3 is 0 Å². The molecule has 18 heavy (non-hydrogen) atoms. The highest BCUT2D eigenvalue weighted by Crippen LogP contribution is 2.09. The van der Waals surface area contributed by atoms with Gasteiger partial charge in [-0.3, -0.25) is 15.6 Å². The fraction of sp³-hybridized carbons (Fsp3) is 0.154. The van der Waals surface area contributed by atoms with Crippen molar-refractivity contribution >= 4 is 12.2 Å². The van der Waals surface area contributed by atoms with Crippen molar-refractivity contribution in [1.82, 2.24) is 15.4 Å². The third-order valence-corrected chi connectivity index (χ3v) is 2.36. The van der Waals surface area contributed by atoms with E-state index in [1.165, 1.54) is 0 Å². The van der Waals surface area contributed by atoms with Crippen molar-refractivity contribution < 1.29 is 4.79 Å². The van der Waals surface area contributed by atoms with Gasteiger partial charge in [0.25, 0.3) is 0 Å². The molecule has 0 atom stereocenters. The molecule has 1 aromatic carbocycles. The normalized spacial score (nSPS) is 9.83. The van der Waals surface area contributed by atoms with Crippen LogP contribution >= 0.6 is 0 Å². The van der Waals surface area contributed by atoms with E-state index in [9.17, 15) is 4.79 Å². The zero-order valence-corrected chi connectivity index (χ0v) is 10.1. The monoisotopic (exact) mass is 242 g/mol. The van der Waals surface area contributed by atoms with E-state index in [0.29, 0.717) is 18.6 Å². The SMILES string of the molecule is Cc1cc(NNC=O)nc(Cc2ccccc2)n1. The van der Waals surface area contributed by atoms with Crippen molar-refractivity contribution in [1.29, 1.82) is 0 Å². The molecule has 0 bridgehead atoms. The van der Waals surface area contributed by atoms with Crippen LogP contribution in [0.2, 0.25) is 0 Å². The van der Waals surface area contributed by atoms with Gasteiger partial charge in [-0.05, 0) is 12.5 Å². The number of carbonyl (C=O) groups is 1. The summed E-state index contributed by atoms with van der Waals surface area (Å²) in [5.41, 5.74) is 7.06. The molecule has 0 aliphatic rings. The Bertz CT molecular complexity index is 528. The van der Waals surface area contributed by atoms with Gasteiger partial charge in [-0.1, -0.05) is 30.3 Å². The number of nitrogens with zero attached hydrogens (tertiary/aromatic N) is 2. The van der Waals surface area contributed by atoms with E-state index in [-0.39, 0.29) is 0 Å². The van der Waals surface area contributed by atoms with Crippen LogP contribution in [0.15, 0.2) is 36.4 Å². The molecule has 92 valence electrons. The zero-order chi connectivity index (χ0) is 12.8. The van der Waals surface area contributed by atoms with E-state index in [0.717, 1.165) is 17.1 Å². The van der Waals surface area contributed by atoms with Gasteiger partial charge < -0.3 is 0 Å². The molecule has 0 unspecified atom stereocenters. The second-order valence-electron chi connectivity index (χ2n) is 3.86. The summed E-state index contributed by atoms with van der Waals surface area (Å²) in [6.45, 7) is 1.89. The average molecular weight is 242 g/mol. The minimum Gasteiger partial charge on any atom is -0.282 e. The van der Waals surface area contributed by atoms with Crippen LogP contribution in [0.5, 0.6) is 0 Å². The largest absolute Gasteiger partial charge is 0.282 e. The first-order chi connectivity index (χ1) is 8.78. The van der Waals surface area contributed by atoms with Crippen molar-refractivity contribution in [2.24, 2.45) is 0 Å². The van der Waals surface area contributed by atoms with Crippen LogP contribution < -0.4 is 10.9 Å². The quantitative estimate of drug-likeness (QED) is 0.615. The second kappa shape index (κ2) is 5.77. The van der Waals surface area contributed by atoms with Gasteiger partial charge in [0, 0.05) is 18.2 Å². The summed E-state index contributed by atoms with van der Waals surface area (Å²) >= 11 is 0. The van der Waals surface area contributed by atoms with Crippen molar-refractivity contribution in [3.8, 4) is 0 Å². The van der Waals surface area contributed by atoms with Gasteiger partial charge in [-0.15, -0.1) is 0 Å². The Labute approximate surface area is 105 Å². The Morgan fingerprint density at radius 2 is 2.00 bits per heavy atom. The molecule has 0 fully saturated rings. The fourth-order valence-corrected chi connectivity index (χ4v) is 1.65. The molecule has 0 spiro atoms. The van der Waals surface area contributed by atoms with Gasteiger partial charge in [-0.25, -0.2) is 9.97 Å². The average Bonchev–Trinajstić information content (AvgIpc) is 2.37. The molecule has 2 rings (SSSR count). The van der Waals surface area contributed by atoms with Crippen LogP contribution in [-0.4, -0.2) is 16.4 Å². The topological polar surface area (TPSA) is 66.9 Å². The maximum absolute atomic E-state index is 10.2. The summed E-state index contributed by atoms with van der Waals surface area (Å²) in [5.74, 6) is 1.30. The maximum Gasteiger partial charge on any atom is 0.225 e. The number of hydrazine groups is 1. The van der Waals surface area contributed by atoms with E-state index in [4.69, 9.17) is 0 Å². The lowest BCUT2D eigenvalue weighted by Gasteiger charge is -2.07. The highest BCUT2D eigenvalue weighted by Gasteiger charge is 2.03. The van der Waals surface area contributed by atoms with Crippen LogP contribution in [0.25, 0.3) is 0 Å². The first kappa shape index (κ1) is 12.0. The first-order valence-corrected chi connectivity index (χ1v) is 5.61. The second-order valence-corrected chi connectivity index (χ2v) is 3.86. The highest BCUT2D eigenvalue weighted by atomic mass is 16.1. The molecular weight excluding hydrogens is 228 g/mol. The van der Waals surface area contributed by atoms with Crippen LogP contribution in [0.4, 0.5) is 5.82 Å². The van der Waals surface area contributed by atoms with Crippen LogP contribution in [0, 0.1) is 6.92 Å². The number of amides is 1. The molecule has 2 N–H and O–H groups in total. The Morgan fingerprint density at radius 3 is 2.72 bits per heavy atom. The number of rotatable bonds is 5. The van der Waals surface area contributed by atoms with E-state index < -0.39 is 0 Å². The van der Waals surface area contributed by atoms with Gasteiger partial charge in [-0.2, -0.15) is 0 Å². The summed E-state index contributed by atoms with van der Waals surface area (Å²) < 4.78 is 0. The molecule has 5 heteroatoms. The number of benzene rings is 1. The Kier molecular flexibility index (Phi) is 3.86. The molecule has 5 nitrogen and oxygen atoms in total. The van der Waals surface area contributed by atoms with Crippen molar-refractivity contribution in [3.05, 3.63) is 53.5 Å². The van der Waals surface area contributed by atoms with Crippen molar-refractivity contribution in [2.45, 2.75) is 13.3 Å². The number of hydrogen-bond donors (Lipinski definition) is 2. The lowest BCUT2D eigenvalue weighted by molar-refractivity contribution is -0.109. The summed E-state index contributed by atoms with van der Waals surface area (Å²) in [7, 11) is 0. The third-order valence-electron chi connectivity index (χ3n) is 2.36. The lowest BCUT2D eigenvalue weighted by Crippen LogP contribution is -2.20. The number of nitrogens with one attached hydrogen (secondary N) is 2. The fourth-order valence-electron chi connectivity index (χ4n) is 1.65. The molecule has 2 aromatic rings. The zero-order valence-electron chi connectivity index (χ0n) is 10.1. The minimum atomic E-state index is 0.564. The van der Waals surface area contributed by atoms with Gasteiger partial charge in [0.2, 0.25) is 6.41 Å². The molecule has 0 saturated carbocycles. The van der Waals surface area contributed by atoms with Gasteiger partial charge in [0.05, 0.1) is 0 Å². The maximum atomic E-state index is 10.2. The summed E-state index contributed by atoms with van der Waals surface area (Å²) in [6, 6.07) is 11.8. The van der Waals surface area contributed by atoms with Crippen molar-refractivity contribution in [3.63, 3.8) is 0 Å². The number of aryl methyl sites for hydroxylation is 1. The summed E-state index contributed by atoms with van der Waals surface area (Å²) in [5, 5.41) is 0. The lowest BCUT2D eigenvalue weighted by atomic mass is 10.1. The summed E-state index contributed by atoms with van der Waals surface area (Å²) in [6.07, 6.45) is 1.23. The molecule has 0 saturated heterocycles. The van der Waals surface area contributed by atoms with E-state index in [2.05, 4.69) is 20.8 Å². The van der Waals surface area contributed by atoms with E-state index >= 15 is 0 Å². The molecule has 0 radical (unpaired) electrons. The van der Waals surface area contributed by atoms with Crippen molar-refractivity contribution in [2.75, 3.05) is 5.43 Å². The standard InChI is InChI=1S/C13H14N4O/c1-10-7-13(17-14-9-18)16-12(15-10)8-11-5-3-2-4-6-11/h2-7,9H,8H2,1H3,(H,14,18)(H,15,16,17). The smallest absolute Gasteiger partial charge is 0.225 e. The Morgan fingerprint density at radius 1 is 1.22 bits per heavy atom. The van der Waals surface area contributed by atoms with Crippen LogP contribution in [-0.2, 0) is 11.2 Å². The molecule has 1 amide bonds. The number of anilines is 1. The summed E-state index contributed by atoms with van der Waals surface area (Å²) in [4.78, 5) is 18.9. The van der Waals surface area contributed by atoms with E-state index in [1.54, 1.807) is 6.07 Å². The van der Waals surface area contributed by atoms with Crippen LogP contribution in [0.3, 0.4) is 0 Å². The predicted octanol–water partition coefficient (Wildman–Crippen LogP) is 1.45. The van der Waals surface area contributed by atoms with E-state index in [1.807, 2.05) is 37.3 Å². The Hall–Kier alpha value is -2.43. The number of hydrogen-bond acceptors (Lipinski definition) is 4. The Balaban J connectivity index is 2.17. The molecular formula is C13H14N4O. The minimum absolute atomic E-state index is 0.564. The van der Waals surface area contributed by atoms with Gasteiger partial charge in [0.15, 0.2) is 0 Å². The number of aromatic nitrogens is 2. The first-order valence-electron chi connectivity index (χ1n) is 5.61. The molecule has 0 aliphatic heterocycles. The molecule has 1 aromatic heterocycles. The molecule has 0 aliphatic carbocycles. The third kappa shape index (κ3) is 3.28. The predicted molar refractivity (Wildman–Crippen MR) is 68.8 cm³/mol. The van der Waals surface area contributed by atoms with Crippen LogP contribution in [0.1, 0.15) is 17.1 Å². The van der Waals surface area contributed by atoms with Gasteiger partial charge in [0.1, 0.15) is 11.6 Å². The highest BCUT2D eigenvalue weighted by molar-refractivity contribution is 5.50. The molecule has 1 heterocycles. The number of carbonyl (C=O) groups excluding carboxylic acids is 1.